The molecule has 0 bridgehead atoms. The van der Waals surface area contributed by atoms with Gasteiger partial charge in [-0.3, -0.25) is 9.48 Å². The highest BCUT2D eigenvalue weighted by Gasteiger charge is 2.17. The number of aryl methyl sites for hydroxylation is 2. The number of rotatable bonds is 5. The maximum absolute atomic E-state index is 12.3. The summed E-state index contributed by atoms with van der Waals surface area (Å²) in [5.41, 5.74) is 3.09. The number of hydrogen-bond acceptors (Lipinski definition) is 3. The fraction of sp³-hybridized carbons (Fsp3) is 0.294. The van der Waals surface area contributed by atoms with Gasteiger partial charge >= 0.3 is 0 Å². The predicted molar refractivity (Wildman–Crippen MR) is 94.7 cm³/mol. The SMILES string of the molecule is Cc1cc(CN(Cc2cccc3ccsc23)C(=O)CCl)n(C)n1. The van der Waals surface area contributed by atoms with Gasteiger partial charge in [0.1, 0.15) is 5.88 Å². The predicted octanol–water partition coefficient (Wildman–Crippen LogP) is 3.71. The average Bonchev–Trinajstić information content (AvgIpc) is 3.13. The van der Waals surface area contributed by atoms with Crippen LogP contribution >= 0.6 is 22.9 Å². The quantitative estimate of drug-likeness (QED) is 0.660. The second-order valence-corrected chi connectivity index (χ2v) is 6.72. The number of nitrogens with zero attached hydrogens (tertiary/aromatic N) is 3. The standard InChI is InChI=1S/C17H18ClN3OS/c1-12-8-15(20(2)19-12)11-21(16(22)9-18)10-14-5-3-4-13-6-7-23-17(13)14/h3-8H,9-11H2,1-2H3. The van der Waals surface area contributed by atoms with E-state index < -0.39 is 0 Å². The van der Waals surface area contributed by atoms with E-state index in [4.69, 9.17) is 11.6 Å². The van der Waals surface area contributed by atoms with E-state index in [0.29, 0.717) is 13.1 Å². The molecule has 4 nitrogen and oxygen atoms in total. The largest absolute Gasteiger partial charge is 0.331 e. The molecule has 3 rings (SSSR count). The summed E-state index contributed by atoms with van der Waals surface area (Å²) in [6.45, 7) is 3.00. The van der Waals surface area contributed by atoms with Gasteiger partial charge in [0.05, 0.1) is 17.9 Å². The summed E-state index contributed by atoms with van der Waals surface area (Å²) in [6, 6.07) is 10.3. The number of thiophene rings is 1. The van der Waals surface area contributed by atoms with Gasteiger partial charge in [-0.25, -0.2) is 0 Å². The third-order valence-corrected chi connectivity index (χ3v) is 5.07. The van der Waals surface area contributed by atoms with Gasteiger partial charge in [-0.1, -0.05) is 18.2 Å². The molecule has 23 heavy (non-hydrogen) atoms. The molecule has 1 aromatic carbocycles. The monoisotopic (exact) mass is 347 g/mol. The van der Waals surface area contributed by atoms with Crippen molar-refractivity contribution in [3.05, 3.63) is 52.7 Å². The Morgan fingerprint density at radius 3 is 2.87 bits per heavy atom. The highest BCUT2D eigenvalue weighted by atomic mass is 35.5. The van der Waals surface area contributed by atoms with Crippen molar-refractivity contribution < 1.29 is 4.79 Å². The van der Waals surface area contributed by atoms with E-state index in [-0.39, 0.29) is 11.8 Å². The maximum atomic E-state index is 12.3. The van der Waals surface area contributed by atoms with Crippen LogP contribution in [0.3, 0.4) is 0 Å². The van der Waals surface area contributed by atoms with Crippen molar-refractivity contribution in [3.63, 3.8) is 0 Å². The van der Waals surface area contributed by atoms with Crippen LogP contribution in [0.1, 0.15) is 17.0 Å². The van der Waals surface area contributed by atoms with E-state index in [2.05, 4.69) is 28.7 Å². The van der Waals surface area contributed by atoms with Crippen LogP contribution < -0.4 is 0 Å². The molecule has 2 heterocycles. The number of halogens is 1. The molecule has 0 atom stereocenters. The number of carbonyl (C=O) groups excluding carboxylic acids is 1. The number of alkyl halides is 1. The van der Waals surface area contributed by atoms with E-state index in [9.17, 15) is 4.79 Å². The number of carbonyl (C=O) groups is 1. The first-order valence-corrected chi connectivity index (χ1v) is 8.78. The van der Waals surface area contributed by atoms with Crippen LogP contribution in [-0.4, -0.2) is 26.5 Å². The second kappa shape index (κ2) is 6.72. The van der Waals surface area contributed by atoms with E-state index in [1.807, 2.05) is 30.8 Å². The smallest absolute Gasteiger partial charge is 0.238 e. The van der Waals surface area contributed by atoms with Crippen molar-refractivity contribution in [2.45, 2.75) is 20.0 Å². The fourth-order valence-corrected chi connectivity index (χ4v) is 3.79. The molecule has 0 aliphatic heterocycles. The van der Waals surface area contributed by atoms with Crippen molar-refractivity contribution in [1.82, 2.24) is 14.7 Å². The molecule has 0 N–H and O–H groups in total. The molecular formula is C17H18ClN3OS. The summed E-state index contributed by atoms with van der Waals surface area (Å²) in [5.74, 6) is -0.0869. The summed E-state index contributed by atoms with van der Waals surface area (Å²) < 4.78 is 3.04. The van der Waals surface area contributed by atoms with E-state index in [1.54, 1.807) is 16.2 Å². The molecule has 120 valence electrons. The molecule has 0 spiro atoms. The first-order valence-electron chi connectivity index (χ1n) is 7.37. The molecule has 0 fully saturated rings. The fourth-order valence-electron chi connectivity index (χ4n) is 2.71. The lowest BCUT2D eigenvalue weighted by molar-refractivity contribution is -0.129. The third-order valence-electron chi connectivity index (χ3n) is 3.84. The van der Waals surface area contributed by atoms with Gasteiger partial charge in [0, 0.05) is 18.3 Å². The zero-order chi connectivity index (χ0) is 16.4. The summed E-state index contributed by atoms with van der Waals surface area (Å²) in [5, 5.41) is 7.63. The van der Waals surface area contributed by atoms with Gasteiger partial charge in [-0.15, -0.1) is 22.9 Å². The normalized spacial score (nSPS) is 11.1. The van der Waals surface area contributed by atoms with E-state index >= 15 is 0 Å². The van der Waals surface area contributed by atoms with Gasteiger partial charge in [0.2, 0.25) is 5.91 Å². The molecule has 0 saturated carbocycles. The van der Waals surface area contributed by atoms with Crippen molar-refractivity contribution in [2.75, 3.05) is 5.88 Å². The minimum Gasteiger partial charge on any atom is -0.331 e. The maximum Gasteiger partial charge on any atom is 0.238 e. The van der Waals surface area contributed by atoms with Crippen LogP contribution in [0, 0.1) is 6.92 Å². The Labute approximate surface area is 144 Å². The molecule has 0 aliphatic carbocycles. The molecule has 0 aliphatic rings. The van der Waals surface area contributed by atoms with E-state index in [0.717, 1.165) is 17.0 Å². The highest BCUT2D eigenvalue weighted by molar-refractivity contribution is 7.17. The second-order valence-electron chi connectivity index (χ2n) is 5.54. The van der Waals surface area contributed by atoms with Crippen LogP contribution in [0.2, 0.25) is 0 Å². The molecular weight excluding hydrogens is 330 g/mol. The van der Waals surface area contributed by atoms with Crippen molar-refractivity contribution >= 4 is 38.9 Å². The van der Waals surface area contributed by atoms with Crippen LogP contribution in [0.15, 0.2) is 35.7 Å². The Bertz CT molecular complexity index is 839. The lowest BCUT2D eigenvalue weighted by atomic mass is 10.1. The molecule has 2 aromatic heterocycles. The van der Waals surface area contributed by atoms with Crippen molar-refractivity contribution in [2.24, 2.45) is 7.05 Å². The minimum atomic E-state index is -0.0703. The molecule has 0 radical (unpaired) electrons. The zero-order valence-electron chi connectivity index (χ0n) is 13.1. The Kier molecular flexibility index (Phi) is 4.68. The summed E-state index contributed by atoms with van der Waals surface area (Å²) in [6.07, 6.45) is 0. The van der Waals surface area contributed by atoms with Gasteiger partial charge in [-0.2, -0.15) is 5.10 Å². The van der Waals surface area contributed by atoms with Gasteiger partial charge in [-0.05, 0) is 35.4 Å². The molecule has 1 amide bonds. The van der Waals surface area contributed by atoms with Crippen LogP contribution in [0.5, 0.6) is 0 Å². The number of fused-ring (bicyclic) bond motifs is 1. The zero-order valence-corrected chi connectivity index (χ0v) is 14.7. The Hall–Kier alpha value is -1.85. The Morgan fingerprint density at radius 1 is 1.35 bits per heavy atom. The summed E-state index contributed by atoms with van der Waals surface area (Å²) in [4.78, 5) is 14.1. The number of hydrogen-bond donors (Lipinski definition) is 0. The van der Waals surface area contributed by atoms with Crippen LogP contribution in [-0.2, 0) is 24.9 Å². The number of amides is 1. The lowest BCUT2D eigenvalue weighted by Crippen LogP contribution is -2.31. The minimum absolute atomic E-state index is 0.0166. The van der Waals surface area contributed by atoms with E-state index in [1.165, 1.54) is 10.1 Å². The Morgan fingerprint density at radius 2 is 2.17 bits per heavy atom. The highest BCUT2D eigenvalue weighted by Crippen LogP contribution is 2.26. The van der Waals surface area contributed by atoms with Crippen molar-refractivity contribution in [3.8, 4) is 0 Å². The lowest BCUT2D eigenvalue weighted by Gasteiger charge is -2.22. The van der Waals surface area contributed by atoms with Crippen molar-refractivity contribution in [1.29, 1.82) is 0 Å². The molecule has 6 heteroatoms. The third kappa shape index (κ3) is 3.41. The topological polar surface area (TPSA) is 38.1 Å². The first-order chi connectivity index (χ1) is 11.1. The summed E-state index contributed by atoms with van der Waals surface area (Å²) >= 11 is 7.51. The van der Waals surface area contributed by atoms with Crippen LogP contribution in [0.25, 0.3) is 10.1 Å². The summed E-state index contributed by atoms with van der Waals surface area (Å²) in [7, 11) is 1.89. The molecule has 3 aromatic rings. The average molecular weight is 348 g/mol. The van der Waals surface area contributed by atoms with Gasteiger partial charge < -0.3 is 4.90 Å². The first kappa shape index (κ1) is 16.0. The van der Waals surface area contributed by atoms with Gasteiger partial charge in [0.25, 0.3) is 0 Å². The molecule has 0 saturated heterocycles. The number of aromatic nitrogens is 2. The Balaban J connectivity index is 1.89. The van der Waals surface area contributed by atoms with Gasteiger partial charge in [0.15, 0.2) is 0 Å². The molecule has 0 unspecified atom stereocenters. The number of benzene rings is 1. The van der Waals surface area contributed by atoms with Crippen LogP contribution in [0.4, 0.5) is 0 Å².